The van der Waals surface area contributed by atoms with Crippen LogP contribution in [0.15, 0.2) is 23.4 Å². The van der Waals surface area contributed by atoms with Crippen molar-refractivity contribution in [1.29, 1.82) is 0 Å². The molecule has 2 atom stereocenters. The summed E-state index contributed by atoms with van der Waals surface area (Å²) >= 11 is 1.46. The first-order valence-corrected chi connectivity index (χ1v) is 11.1. The molecule has 2 aliphatic rings. The van der Waals surface area contributed by atoms with Crippen LogP contribution in [0.3, 0.4) is 0 Å². The number of carboxylic acids is 1. The molecule has 0 aliphatic carbocycles. The number of halogens is 1. The molecule has 0 aromatic carbocycles. The van der Waals surface area contributed by atoms with Gasteiger partial charge >= 0.3 is 5.97 Å². The standard InChI is InChI=1S/C16H24N4O4S.ClHO4/c1-3-20(4-2,8-11(17)21)7-5-6-10-9-25-15-12(18)14(22)19(15)13(10)16(23)24;2-1(3,4)5/h5-6,12,15H,3-4,7-9,18H2,1-2H3,(H2-,17,21,23,24);(H,2,3,4,5)/b6-5+;/t12-,15+;/m1./s1. The molecule has 30 heavy (non-hydrogen) atoms. The number of allylic oxidation sites excluding steroid dienone is 1. The Morgan fingerprint density at radius 2 is 1.83 bits per heavy atom. The molecule has 0 bridgehead atoms. The number of hydrogen-bond donors (Lipinski definition) is 3. The van der Waals surface area contributed by atoms with Crippen LogP contribution >= 0.6 is 11.8 Å². The van der Waals surface area contributed by atoms with Gasteiger partial charge in [-0.3, -0.25) is 14.5 Å². The molecule has 0 unspecified atom stereocenters. The van der Waals surface area contributed by atoms with Crippen molar-refractivity contribution in [2.24, 2.45) is 11.5 Å². The molecule has 14 heteroatoms. The van der Waals surface area contributed by atoms with Gasteiger partial charge in [-0.1, -0.05) is 6.08 Å². The lowest BCUT2D eigenvalue weighted by Gasteiger charge is -2.47. The van der Waals surface area contributed by atoms with Crippen molar-refractivity contribution < 1.29 is 52.9 Å². The van der Waals surface area contributed by atoms with Crippen LogP contribution in [0.1, 0.15) is 13.8 Å². The molecular formula is C16H25ClN4O8S. The normalized spacial score (nSPS) is 21.7. The minimum Gasteiger partial charge on any atom is -0.477 e. The Bertz CT molecular complexity index is 729. The third kappa shape index (κ3) is 6.92. The molecule has 1 saturated heterocycles. The number of β-lactam (4-membered cyclic amide) rings is 1. The molecule has 2 aliphatic heterocycles. The van der Waals surface area contributed by atoms with E-state index in [1.54, 1.807) is 6.08 Å². The van der Waals surface area contributed by atoms with Crippen molar-refractivity contribution in [2.75, 3.05) is 31.9 Å². The van der Waals surface area contributed by atoms with Crippen LogP contribution in [0.4, 0.5) is 0 Å². The fourth-order valence-corrected chi connectivity index (χ4v) is 4.45. The maximum atomic E-state index is 11.9. The zero-order valence-electron chi connectivity index (χ0n) is 16.5. The van der Waals surface area contributed by atoms with Gasteiger partial charge in [0.15, 0.2) is 6.54 Å². The van der Waals surface area contributed by atoms with Gasteiger partial charge in [0.25, 0.3) is 5.91 Å². The van der Waals surface area contributed by atoms with E-state index in [1.807, 2.05) is 19.9 Å². The third-order valence-corrected chi connectivity index (χ3v) is 6.21. The van der Waals surface area contributed by atoms with E-state index < -0.39 is 22.3 Å². The van der Waals surface area contributed by atoms with Crippen molar-refractivity contribution in [2.45, 2.75) is 25.3 Å². The summed E-state index contributed by atoms with van der Waals surface area (Å²) in [6, 6.07) is -0.634. The summed E-state index contributed by atoms with van der Waals surface area (Å²) in [7, 11) is -4.94. The van der Waals surface area contributed by atoms with E-state index in [0.717, 1.165) is 13.1 Å². The summed E-state index contributed by atoms with van der Waals surface area (Å²) < 4.78 is 34.5. The molecule has 2 rings (SSSR count). The third-order valence-electron chi connectivity index (χ3n) is 4.89. The van der Waals surface area contributed by atoms with E-state index in [2.05, 4.69) is 0 Å². The van der Waals surface area contributed by atoms with Crippen LogP contribution in [-0.2, 0) is 14.4 Å². The molecule has 1 fully saturated rings. The summed E-state index contributed by atoms with van der Waals surface area (Å²) in [5.74, 6) is -1.37. The molecule has 0 aromatic rings. The molecule has 0 aromatic heterocycles. The first kappa shape index (κ1) is 26.3. The average Bonchev–Trinajstić information content (AvgIpc) is 2.64. The number of nitrogens with zero attached hydrogens (tertiary/aromatic N) is 2. The molecule has 5 N–H and O–H groups in total. The van der Waals surface area contributed by atoms with E-state index in [4.69, 9.17) is 30.1 Å². The van der Waals surface area contributed by atoms with Crippen molar-refractivity contribution in [3.63, 3.8) is 0 Å². The van der Waals surface area contributed by atoms with Gasteiger partial charge in [0, 0.05) is 5.75 Å². The van der Waals surface area contributed by atoms with Gasteiger partial charge in [-0.05, 0) is 25.5 Å². The first-order chi connectivity index (χ1) is 13.8. The van der Waals surface area contributed by atoms with E-state index in [0.29, 0.717) is 22.4 Å². The number of carboxylic acid groups (broad SMARTS) is 1. The number of carbonyl (C=O) groups is 3. The Hall–Kier alpha value is -1.71. The number of quaternary nitrogens is 1. The van der Waals surface area contributed by atoms with Crippen LogP contribution < -0.4 is 30.1 Å². The molecule has 2 amide bonds. The number of carbonyl (C=O) groups excluding carboxylic acids is 2. The summed E-state index contributed by atoms with van der Waals surface area (Å²) in [6.45, 7) is 6.26. The fourth-order valence-electron chi connectivity index (χ4n) is 3.19. The highest BCUT2D eigenvalue weighted by Gasteiger charge is 2.51. The zero-order valence-corrected chi connectivity index (χ0v) is 18.1. The number of fused-ring (bicyclic) bond motifs is 1. The zero-order chi connectivity index (χ0) is 23.3. The second-order valence-corrected chi connectivity index (χ2v) is 8.54. The quantitative estimate of drug-likeness (QED) is 0.227. The monoisotopic (exact) mass is 468 g/mol. The molecule has 0 saturated carbocycles. The highest BCUT2D eigenvalue weighted by molar-refractivity contribution is 8.00. The number of aliphatic carboxylic acids is 1. The van der Waals surface area contributed by atoms with Gasteiger partial charge in [0.05, 0.1) is 19.6 Å². The van der Waals surface area contributed by atoms with Crippen LogP contribution in [0, 0.1) is 10.2 Å². The fraction of sp³-hybridized carbons (Fsp3) is 0.562. The summed E-state index contributed by atoms with van der Waals surface area (Å²) in [5, 5.41) is 9.21. The lowest BCUT2D eigenvalue weighted by atomic mass is 10.0. The Kier molecular flexibility index (Phi) is 9.25. The van der Waals surface area contributed by atoms with E-state index in [9.17, 15) is 19.5 Å². The molecule has 170 valence electrons. The topological polar surface area (TPSA) is 219 Å². The van der Waals surface area contributed by atoms with Crippen molar-refractivity contribution >= 4 is 29.5 Å². The Labute approximate surface area is 179 Å². The SMILES string of the molecule is CC[N+](CC)(C/C=C/C1=C(C(=O)O)N2C(=O)[C@@H](N)[C@@H]2SC1)CC(N)=O.[O-][Cl+3]([O-])([O-])[O-]. The lowest BCUT2D eigenvalue weighted by Crippen LogP contribution is -2.68. The number of nitrogens with two attached hydrogens (primary N) is 2. The number of likely N-dealkylation sites (N-methyl/N-ethyl adjacent to an activating group) is 1. The number of hydrogen-bond acceptors (Lipinski definition) is 9. The van der Waals surface area contributed by atoms with Gasteiger partial charge < -0.3 is 21.1 Å². The Morgan fingerprint density at radius 1 is 1.30 bits per heavy atom. The van der Waals surface area contributed by atoms with Crippen molar-refractivity contribution in [3.05, 3.63) is 23.4 Å². The molecule has 12 nitrogen and oxygen atoms in total. The predicted octanol–water partition coefficient (Wildman–Crippen LogP) is -5.29. The van der Waals surface area contributed by atoms with Gasteiger partial charge in [-0.2, -0.15) is 0 Å². The second-order valence-electron chi connectivity index (χ2n) is 6.68. The summed E-state index contributed by atoms with van der Waals surface area (Å²) in [6.07, 6.45) is 3.60. The number of primary amides is 1. The van der Waals surface area contributed by atoms with Crippen molar-refractivity contribution in [3.8, 4) is 0 Å². The molecule has 2 heterocycles. The Morgan fingerprint density at radius 3 is 2.27 bits per heavy atom. The van der Waals surface area contributed by atoms with Gasteiger partial charge in [-0.15, -0.1) is 22.0 Å². The van der Waals surface area contributed by atoms with Crippen molar-refractivity contribution in [1.82, 2.24) is 4.90 Å². The minimum absolute atomic E-state index is 0.00713. The lowest BCUT2D eigenvalue weighted by molar-refractivity contribution is -2.00. The van der Waals surface area contributed by atoms with E-state index >= 15 is 0 Å². The average molecular weight is 469 g/mol. The van der Waals surface area contributed by atoms with Gasteiger partial charge in [0.1, 0.15) is 17.1 Å². The number of rotatable bonds is 8. The van der Waals surface area contributed by atoms with Crippen LogP contribution in [0.5, 0.6) is 0 Å². The Balaban J connectivity index is 0.000000804. The molecule has 0 spiro atoms. The highest BCUT2D eigenvalue weighted by atomic mass is 35.7. The number of thioether (sulfide) groups is 1. The van der Waals surface area contributed by atoms with E-state index in [1.165, 1.54) is 16.7 Å². The highest BCUT2D eigenvalue weighted by Crippen LogP contribution is 2.39. The van der Waals surface area contributed by atoms with E-state index in [-0.39, 0.29) is 29.4 Å². The predicted molar refractivity (Wildman–Crippen MR) is 95.1 cm³/mol. The number of amides is 2. The van der Waals surface area contributed by atoms with Crippen LogP contribution in [0.25, 0.3) is 0 Å². The minimum atomic E-state index is -4.94. The molecular weight excluding hydrogens is 444 g/mol. The second kappa shape index (κ2) is 10.5. The molecule has 0 radical (unpaired) electrons. The van der Waals surface area contributed by atoms with Gasteiger partial charge in [0.2, 0.25) is 5.91 Å². The maximum absolute atomic E-state index is 11.9. The smallest absolute Gasteiger partial charge is 0.352 e. The summed E-state index contributed by atoms with van der Waals surface area (Å²) in [4.78, 5) is 36.1. The first-order valence-electron chi connectivity index (χ1n) is 8.84. The van der Waals surface area contributed by atoms with Gasteiger partial charge in [-0.25, -0.2) is 23.4 Å². The summed E-state index contributed by atoms with van der Waals surface area (Å²) in [5.41, 5.74) is 11.7. The maximum Gasteiger partial charge on any atom is 0.352 e. The largest absolute Gasteiger partial charge is 0.477 e. The van der Waals surface area contributed by atoms with Crippen LogP contribution in [0.2, 0.25) is 0 Å². The van der Waals surface area contributed by atoms with Crippen LogP contribution in [-0.4, -0.2) is 75.6 Å².